The van der Waals surface area contributed by atoms with E-state index in [1.165, 1.54) is 11.9 Å². The number of hydrogen-bond donors (Lipinski definition) is 2. The standard InChI is InChI=1S/C16H20N4O3/c1-10-5-4-6-12(11(10)2)17-15(22)9-20(3)16(23)13-7-8-14(21)19-18-13/h4-6H,7-9H2,1-3H3,(H,17,22)(H,19,21). The van der Waals surface area contributed by atoms with Gasteiger partial charge in [-0.25, -0.2) is 5.43 Å². The van der Waals surface area contributed by atoms with Crippen molar-refractivity contribution in [3.8, 4) is 0 Å². The van der Waals surface area contributed by atoms with Crippen LogP contribution >= 0.6 is 0 Å². The summed E-state index contributed by atoms with van der Waals surface area (Å²) in [6.07, 6.45) is 0.515. The van der Waals surface area contributed by atoms with Gasteiger partial charge in [0.25, 0.3) is 5.91 Å². The van der Waals surface area contributed by atoms with Crippen LogP contribution in [0.25, 0.3) is 0 Å². The fraction of sp³-hybridized carbons (Fsp3) is 0.375. The highest BCUT2D eigenvalue weighted by Crippen LogP contribution is 2.17. The van der Waals surface area contributed by atoms with Gasteiger partial charge < -0.3 is 10.2 Å². The first-order valence-corrected chi connectivity index (χ1v) is 7.35. The summed E-state index contributed by atoms with van der Waals surface area (Å²) in [6.45, 7) is 3.81. The highest BCUT2D eigenvalue weighted by Gasteiger charge is 2.22. The zero-order valence-electron chi connectivity index (χ0n) is 13.5. The van der Waals surface area contributed by atoms with Crippen molar-refractivity contribution in [1.82, 2.24) is 10.3 Å². The molecule has 0 spiro atoms. The first-order chi connectivity index (χ1) is 10.9. The van der Waals surface area contributed by atoms with Gasteiger partial charge in [-0.3, -0.25) is 14.4 Å². The highest BCUT2D eigenvalue weighted by atomic mass is 16.2. The summed E-state index contributed by atoms with van der Waals surface area (Å²) in [5, 5.41) is 6.55. The number of amides is 3. The molecular formula is C16H20N4O3. The number of aryl methyl sites for hydroxylation is 1. The summed E-state index contributed by atoms with van der Waals surface area (Å²) < 4.78 is 0. The number of likely N-dealkylation sites (N-methyl/N-ethyl adjacent to an activating group) is 1. The molecule has 1 aliphatic rings. The van der Waals surface area contributed by atoms with Crippen LogP contribution in [0.3, 0.4) is 0 Å². The molecule has 0 atom stereocenters. The molecule has 1 aliphatic heterocycles. The minimum atomic E-state index is -0.360. The van der Waals surface area contributed by atoms with Crippen molar-refractivity contribution in [3.63, 3.8) is 0 Å². The summed E-state index contributed by atoms with van der Waals surface area (Å²) in [6, 6.07) is 5.66. The lowest BCUT2D eigenvalue weighted by Gasteiger charge is -2.20. The summed E-state index contributed by atoms with van der Waals surface area (Å²) in [7, 11) is 1.53. The van der Waals surface area contributed by atoms with Crippen LogP contribution in [0.15, 0.2) is 23.3 Å². The van der Waals surface area contributed by atoms with Crippen LogP contribution in [0.5, 0.6) is 0 Å². The zero-order chi connectivity index (χ0) is 17.0. The van der Waals surface area contributed by atoms with Crippen LogP contribution in [-0.4, -0.2) is 41.9 Å². The van der Waals surface area contributed by atoms with Gasteiger partial charge in [0.2, 0.25) is 11.8 Å². The predicted molar refractivity (Wildman–Crippen MR) is 87.0 cm³/mol. The van der Waals surface area contributed by atoms with Gasteiger partial charge in [-0.05, 0) is 31.0 Å². The van der Waals surface area contributed by atoms with Crippen LogP contribution in [-0.2, 0) is 14.4 Å². The molecule has 2 rings (SSSR count). The smallest absolute Gasteiger partial charge is 0.270 e. The Bertz CT molecular complexity index is 682. The fourth-order valence-corrected chi connectivity index (χ4v) is 2.21. The average molecular weight is 316 g/mol. The van der Waals surface area contributed by atoms with E-state index < -0.39 is 0 Å². The third kappa shape index (κ3) is 4.15. The Morgan fingerprint density at radius 2 is 2.04 bits per heavy atom. The van der Waals surface area contributed by atoms with Crippen LogP contribution in [0.1, 0.15) is 24.0 Å². The molecule has 0 fully saturated rings. The summed E-state index contributed by atoms with van der Waals surface area (Å²) in [4.78, 5) is 36.6. The van der Waals surface area contributed by atoms with Gasteiger partial charge >= 0.3 is 0 Å². The average Bonchev–Trinajstić information content (AvgIpc) is 2.52. The van der Waals surface area contributed by atoms with Crippen LogP contribution in [0.4, 0.5) is 5.69 Å². The van der Waals surface area contributed by atoms with E-state index in [1.807, 2.05) is 32.0 Å². The van der Waals surface area contributed by atoms with E-state index in [2.05, 4.69) is 15.8 Å². The lowest BCUT2D eigenvalue weighted by Crippen LogP contribution is -2.41. The Hall–Kier alpha value is -2.70. The Balaban J connectivity index is 1.95. The molecule has 7 heteroatoms. The van der Waals surface area contributed by atoms with E-state index in [0.717, 1.165) is 16.8 Å². The van der Waals surface area contributed by atoms with Crippen molar-refractivity contribution < 1.29 is 14.4 Å². The Morgan fingerprint density at radius 1 is 1.30 bits per heavy atom. The maximum Gasteiger partial charge on any atom is 0.270 e. The maximum absolute atomic E-state index is 12.2. The quantitative estimate of drug-likeness (QED) is 0.867. The lowest BCUT2D eigenvalue weighted by molar-refractivity contribution is -0.128. The van der Waals surface area contributed by atoms with Crippen LogP contribution in [0, 0.1) is 13.8 Å². The predicted octanol–water partition coefficient (Wildman–Crippen LogP) is 0.966. The van der Waals surface area contributed by atoms with E-state index >= 15 is 0 Å². The lowest BCUT2D eigenvalue weighted by atomic mass is 10.1. The number of nitrogens with zero attached hydrogens (tertiary/aromatic N) is 2. The van der Waals surface area contributed by atoms with Gasteiger partial charge in [0.05, 0.1) is 6.54 Å². The molecule has 0 radical (unpaired) electrons. The molecule has 0 bridgehead atoms. The minimum absolute atomic E-state index is 0.0841. The molecule has 0 saturated carbocycles. The summed E-state index contributed by atoms with van der Waals surface area (Å²) in [5.74, 6) is -0.854. The van der Waals surface area contributed by atoms with Crippen molar-refractivity contribution >= 4 is 29.1 Å². The first-order valence-electron chi connectivity index (χ1n) is 7.35. The van der Waals surface area contributed by atoms with Crippen LogP contribution < -0.4 is 10.7 Å². The normalized spacial score (nSPS) is 13.9. The van der Waals surface area contributed by atoms with E-state index in [1.54, 1.807) is 0 Å². The van der Waals surface area contributed by atoms with E-state index in [4.69, 9.17) is 0 Å². The van der Waals surface area contributed by atoms with Gasteiger partial charge in [0, 0.05) is 25.6 Å². The molecule has 1 aromatic carbocycles. The number of hydrazone groups is 1. The van der Waals surface area contributed by atoms with Crippen molar-refractivity contribution in [2.45, 2.75) is 26.7 Å². The number of carbonyl (C=O) groups excluding carboxylic acids is 3. The fourth-order valence-electron chi connectivity index (χ4n) is 2.21. The molecule has 1 heterocycles. The zero-order valence-corrected chi connectivity index (χ0v) is 13.5. The number of benzene rings is 1. The Labute approximate surface area is 134 Å². The minimum Gasteiger partial charge on any atom is -0.331 e. The van der Waals surface area contributed by atoms with E-state index in [-0.39, 0.29) is 42.8 Å². The van der Waals surface area contributed by atoms with E-state index in [0.29, 0.717) is 0 Å². The van der Waals surface area contributed by atoms with E-state index in [9.17, 15) is 14.4 Å². The maximum atomic E-state index is 12.2. The second-order valence-electron chi connectivity index (χ2n) is 5.55. The molecule has 0 aliphatic carbocycles. The number of carbonyl (C=O) groups is 3. The topological polar surface area (TPSA) is 90.9 Å². The SMILES string of the molecule is Cc1cccc(NC(=O)CN(C)C(=O)C2=NNC(=O)CC2)c1C. The third-order valence-electron chi connectivity index (χ3n) is 3.76. The molecule has 3 amide bonds. The first kappa shape index (κ1) is 16.7. The number of nitrogens with one attached hydrogen (secondary N) is 2. The molecule has 23 heavy (non-hydrogen) atoms. The number of hydrogen-bond acceptors (Lipinski definition) is 4. The van der Waals surface area contributed by atoms with Crippen molar-refractivity contribution in [3.05, 3.63) is 29.3 Å². The second-order valence-corrected chi connectivity index (χ2v) is 5.55. The molecular weight excluding hydrogens is 296 g/mol. The Morgan fingerprint density at radius 3 is 2.70 bits per heavy atom. The monoisotopic (exact) mass is 316 g/mol. The number of rotatable bonds is 4. The molecule has 0 unspecified atom stereocenters. The molecule has 7 nitrogen and oxygen atoms in total. The van der Waals surface area contributed by atoms with Crippen molar-refractivity contribution in [2.24, 2.45) is 5.10 Å². The van der Waals surface area contributed by atoms with Crippen molar-refractivity contribution in [2.75, 3.05) is 18.9 Å². The van der Waals surface area contributed by atoms with Gasteiger partial charge in [0.15, 0.2) is 0 Å². The molecule has 122 valence electrons. The van der Waals surface area contributed by atoms with Crippen LogP contribution in [0.2, 0.25) is 0 Å². The van der Waals surface area contributed by atoms with Gasteiger partial charge in [0.1, 0.15) is 5.71 Å². The third-order valence-corrected chi connectivity index (χ3v) is 3.76. The summed E-state index contributed by atoms with van der Waals surface area (Å²) >= 11 is 0. The number of anilines is 1. The van der Waals surface area contributed by atoms with Gasteiger partial charge in [-0.1, -0.05) is 12.1 Å². The molecule has 1 aromatic rings. The van der Waals surface area contributed by atoms with Crippen molar-refractivity contribution in [1.29, 1.82) is 0 Å². The Kier molecular flexibility index (Phi) is 5.10. The molecule has 0 aromatic heterocycles. The largest absolute Gasteiger partial charge is 0.331 e. The molecule has 2 N–H and O–H groups in total. The highest BCUT2D eigenvalue weighted by molar-refractivity contribution is 6.39. The van der Waals surface area contributed by atoms with Gasteiger partial charge in [-0.2, -0.15) is 5.10 Å². The van der Waals surface area contributed by atoms with Gasteiger partial charge in [-0.15, -0.1) is 0 Å². The second kappa shape index (κ2) is 7.04. The molecule has 0 saturated heterocycles. The summed E-state index contributed by atoms with van der Waals surface area (Å²) in [5.41, 5.74) is 5.34.